The number of hydrogen-bond donors (Lipinski definition) is 0. The quantitative estimate of drug-likeness (QED) is 0.133. The molecule has 6 rings (SSSR count). The minimum Gasteiger partial charge on any atom is -0.107 e. The molecule has 0 atom stereocenters. The Morgan fingerprint density at radius 2 is 0.338 bits per heavy atom. The summed E-state index contributed by atoms with van der Waals surface area (Å²) in [6, 6.07) is 58.9. The van der Waals surface area contributed by atoms with Crippen LogP contribution in [0, 0.1) is 86.9 Å². The fourth-order valence-electron chi connectivity index (χ4n) is 3.72. The molecule has 0 N–H and O–H groups in total. The van der Waals surface area contributed by atoms with E-state index in [4.69, 9.17) is 0 Å². The lowest BCUT2D eigenvalue weighted by atomic mass is 10.2. The van der Waals surface area contributed by atoms with Gasteiger partial charge in [-0.3, -0.25) is 0 Å². The van der Waals surface area contributed by atoms with Gasteiger partial charge in [0.1, 0.15) is 0 Å². The van der Waals surface area contributed by atoms with Gasteiger partial charge >= 0.3 is 0 Å². The van der Waals surface area contributed by atoms with E-state index in [1.807, 2.05) is 273 Å². The number of rotatable bonds is 0. The van der Waals surface area contributed by atoms with E-state index in [0.29, 0.717) is 0 Å². The molecule has 6 aromatic carbocycles. The zero-order chi connectivity index (χ0) is 56.6. The first-order valence-electron chi connectivity index (χ1n) is 25.9. The molecule has 0 nitrogen and oxygen atoms in total. The standard InChI is InChI=1S/C10H10.2C9H8.3C7H8.2C4H6.7C2H6/c1-3-4-10-7-5-9(2)6-8-10;2*1-2-6-9-7-4-3-5-8-9;3*1-7-5-3-2-4-6-7;2*1-3-4-2;7*1-2/h5-8H,1-2H3;2*3-5,7-8H,1H3;3*2-6H,1H3;2*1-2H3;7*1-2H3. The summed E-state index contributed by atoms with van der Waals surface area (Å²) in [4.78, 5) is 0. The lowest BCUT2D eigenvalue weighted by molar-refractivity contribution is 1.46. The van der Waals surface area contributed by atoms with Gasteiger partial charge in [0.2, 0.25) is 0 Å². The van der Waals surface area contributed by atoms with Crippen molar-refractivity contribution in [3.63, 3.8) is 0 Å². The third kappa shape index (κ3) is 80.5. The van der Waals surface area contributed by atoms with Crippen LogP contribution in [0.15, 0.2) is 176 Å². The summed E-state index contributed by atoms with van der Waals surface area (Å²) in [7, 11) is 0. The molecule has 0 saturated carbocycles. The molecule has 0 unspecified atom stereocenters. The van der Waals surface area contributed by atoms with Crippen molar-refractivity contribution in [2.24, 2.45) is 0 Å². The van der Waals surface area contributed by atoms with Gasteiger partial charge in [0, 0.05) is 16.7 Å². The Balaban J connectivity index is -0.0000000862. The van der Waals surface area contributed by atoms with Crippen molar-refractivity contribution >= 4 is 0 Å². The van der Waals surface area contributed by atoms with Crippen LogP contribution >= 0.6 is 0 Å². The van der Waals surface area contributed by atoms with Crippen LogP contribution in [0.4, 0.5) is 0 Å². The first-order chi connectivity index (χ1) is 34.7. The summed E-state index contributed by atoms with van der Waals surface area (Å²) < 4.78 is 0. The van der Waals surface area contributed by atoms with Gasteiger partial charge in [-0.15, -0.1) is 41.4 Å². The van der Waals surface area contributed by atoms with Crippen molar-refractivity contribution in [2.45, 2.75) is 173 Å². The molecular weight excluding hydrogens is 853 g/mol. The van der Waals surface area contributed by atoms with Gasteiger partial charge in [0.25, 0.3) is 0 Å². The zero-order valence-corrected chi connectivity index (χ0v) is 50.2. The fourth-order valence-corrected chi connectivity index (χ4v) is 3.72. The molecule has 388 valence electrons. The Bertz CT molecular complexity index is 1930. The first kappa shape index (κ1) is 84.1. The van der Waals surface area contributed by atoms with E-state index in [1.165, 1.54) is 22.3 Å². The van der Waals surface area contributed by atoms with Gasteiger partial charge in [-0.05, 0) is 113 Å². The van der Waals surface area contributed by atoms with Gasteiger partial charge < -0.3 is 0 Å². The Morgan fingerprint density at radius 1 is 0.183 bits per heavy atom. The molecule has 0 radical (unpaired) electrons. The molecular formula is C71H104. The molecule has 71 heavy (non-hydrogen) atoms. The molecule has 0 aliphatic rings. The highest BCUT2D eigenvalue weighted by Crippen LogP contribution is 2.00. The van der Waals surface area contributed by atoms with Crippen molar-refractivity contribution in [3.05, 3.63) is 215 Å². The van der Waals surface area contributed by atoms with Crippen molar-refractivity contribution in [3.8, 4) is 59.2 Å². The molecule has 0 aromatic heterocycles. The third-order valence-corrected chi connectivity index (χ3v) is 6.73. The van der Waals surface area contributed by atoms with Crippen LogP contribution in [-0.2, 0) is 0 Å². The SMILES string of the molecule is CC.CC.CC.CC.CC.CC.CC.CC#CC.CC#CC.CC#Cc1ccc(C)cc1.CC#Cc1ccccc1.CC#Cc1ccccc1.Cc1ccccc1.Cc1ccccc1.Cc1ccccc1. The number of benzene rings is 6. The average Bonchev–Trinajstić information content (AvgIpc) is 3.46. The average molecular weight is 958 g/mol. The van der Waals surface area contributed by atoms with Crippen molar-refractivity contribution in [1.29, 1.82) is 0 Å². The van der Waals surface area contributed by atoms with Gasteiger partial charge in [-0.2, -0.15) is 0 Å². The summed E-state index contributed by atoms with van der Waals surface area (Å²) in [5.41, 5.74) is 8.50. The highest BCUT2D eigenvalue weighted by Gasteiger charge is 1.84. The zero-order valence-electron chi connectivity index (χ0n) is 50.2. The van der Waals surface area contributed by atoms with E-state index in [2.05, 4.69) is 135 Å². The predicted octanol–water partition coefficient (Wildman–Crippen LogP) is 21.7. The lowest BCUT2D eigenvalue weighted by Crippen LogP contribution is -1.73. The Morgan fingerprint density at radius 3 is 0.479 bits per heavy atom. The molecule has 0 spiro atoms. The van der Waals surface area contributed by atoms with E-state index in [9.17, 15) is 0 Å². The number of aryl methyl sites for hydroxylation is 4. The molecule has 0 fully saturated rings. The topological polar surface area (TPSA) is 0 Å². The summed E-state index contributed by atoms with van der Waals surface area (Å²) in [5, 5.41) is 0. The van der Waals surface area contributed by atoms with E-state index in [0.717, 1.165) is 16.7 Å². The van der Waals surface area contributed by atoms with Crippen molar-refractivity contribution in [1.82, 2.24) is 0 Å². The number of hydrogen-bond acceptors (Lipinski definition) is 0. The monoisotopic (exact) mass is 957 g/mol. The van der Waals surface area contributed by atoms with E-state index in [-0.39, 0.29) is 0 Å². The van der Waals surface area contributed by atoms with Crippen LogP contribution in [0.1, 0.15) is 184 Å². The van der Waals surface area contributed by atoms with Gasteiger partial charge in [-0.25, -0.2) is 0 Å². The molecule has 0 heteroatoms. The van der Waals surface area contributed by atoms with E-state index >= 15 is 0 Å². The van der Waals surface area contributed by atoms with Crippen LogP contribution in [0.3, 0.4) is 0 Å². The largest absolute Gasteiger partial charge is 0.107 e. The normalized spacial score (nSPS) is 6.66. The van der Waals surface area contributed by atoms with Crippen LogP contribution in [0.5, 0.6) is 0 Å². The lowest BCUT2D eigenvalue weighted by Gasteiger charge is -1.90. The summed E-state index contributed by atoms with van der Waals surface area (Å²) in [5.74, 6) is 28.1. The molecule has 0 heterocycles. The Labute approximate surface area is 445 Å². The fraction of sp³-hybridized carbons (Fsp3) is 0.352. The van der Waals surface area contributed by atoms with Gasteiger partial charge in [0.05, 0.1) is 0 Å². The van der Waals surface area contributed by atoms with Gasteiger partial charge in [0.15, 0.2) is 0 Å². The Kier molecular flexibility index (Phi) is 102. The van der Waals surface area contributed by atoms with E-state index < -0.39 is 0 Å². The smallest absolute Gasteiger partial charge is 0.0245 e. The second-order valence-electron chi connectivity index (χ2n) is 11.7. The molecule has 0 aliphatic carbocycles. The second-order valence-corrected chi connectivity index (χ2v) is 11.7. The third-order valence-electron chi connectivity index (χ3n) is 6.73. The summed E-state index contributed by atoms with van der Waals surface area (Å²) in [6.45, 7) is 49.1. The van der Waals surface area contributed by atoms with Crippen molar-refractivity contribution < 1.29 is 0 Å². The van der Waals surface area contributed by atoms with Crippen LogP contribution in [0.25, 0.3) is 0 Å². The first-order valence-corrected chi connectivity index (χ1v) is 25.9. The predicted molar refractivity (Wildman–Crippen MR) is 333 cm³/mol. The van der Waals surface area contributed by atoms with Crippen LogP contribution in [0.2, 0.25) is 0 Å². The molecule has 0 amide bonds. The van der Waals surface area contributed by atoms with Gasteiger partial charge in [-0.1, -0.05) is 276 Å². The maximum atomic E-state index is 2.98. The minimum absolute atomic E-state index is 1.08. The highest BCUT2D eigenvalue weighted by molar-refractivity contribution is 5.35. The maximum Gasteiger partial charge on any atom is 0.0245 e. The van der Waals surface area contributed by atoms with Crippen LogP contribution < -0.4 is 0 Å². The molecule has 0 bridgehead atoms. The van der Waals surface area contributed by atoms with Crippen molar-refractivity contribution in [2.75, 3.05) is 0 Å². The summed E-state index contributed by atoms with van der Waals surface area (Å²) >= 11 is 0. The second kappa shape index (κ2) is 86.3. The van der Waals surface area contributed by atoms with Crippen LogP contribution in [-0.4, -0.2) is 0 Å². The maximum absolute atomic E-state index is 2.98. The minimum atomic E-state index is 1.08. The van der Waals surface area contributed by atoms with E-state index in [1.54, 1.807) is 0 Å². The highest BCUT2D eigenvalue weighted by atomic mass is 13.9. The Hall–Kier alpha value is -6.88. The molecule has 0 aliphatic heterocycles. The molecule has 6 aromatic rings. The molecule has 0 saturated heterocycles. The summed E-state index contributed by atoms with van der Waals surface area (Å²) in [6.07, 6.45) is 0.